The minimum Gasteiger partial charge on any atom is -0.387 e. The second-order valence-corrected chi connectivity index (χ2v) is 11.1. The number of nitrogens with two attached hydrogens (primary N) is 1. The predicted molar refractivity (Wildman–Crippen MR) is 105 cm³/mol. The number of aliphatic hydroxyl groups is 2. The first-order valence-electron chi connectivity index (χ1n) is 8.87. The van der Waals surface area contributed by atoms with Gasteiger partial charge in [-0.1, -0.05) is 6.92 Å². The smallest absolute Gasteiger partial charge is 0.387 e. The first kappa shape index (κ1) is 26.2. The quantitative estimate of drug-likeness (QED) is 0.188. The fourth-order valence-electron chi connectivity index (χ4n) is 3.27. The monoisotopic (exact) mass is 535 g/mol. The van der Waals surface area contributed by atoms with Crippen molar-refractivity contribution in [1.29, 1.82) is 0 Å². The molecular formula is C12H20N5O13P3. The van der Waals surface area contributed by atoms with Crippen LogP contribution in [-0.2, 0) is 37.3 Å². The largest absolute Gasteiger partial charge is 0.490 e. The zero-order valence-corrected chi connectivity index (χ0v) is 19.2. The molecular weight excluding hydrogens is 515 g/mol. The summed E-state index contributed by atoms with van der Waals surface area (Å²) in [5, 5.41) is 21.2. The minimum absolute atomic E-state index is 0.0341. The van der Waals surface area contributed by atoms with Crippen LogP contribution in [0.3, 0.4) is 0 Å². The number of ether oxygens (including phenoxy) is 1. The summed E-state index contributed by atoms with van der Waals surface area (Å²) in [6.45, 7) is 0.629. The molecule has 0 aromatic carbocycles. The number of aromatic nitrogens is 4. The number of fused-ring (bicyclic) bond motifs is 1. The maximum absolute atomic E-state index is 11.9. The molecule has 0 amide bonds. The van der Waals surface area contributed by atoms with Gasteiger partial charge in [0.25, 0.3) is 0 Å². The molecule has 1 aliphatic rings. The molecule has 2 aromatic rings. The molecule has 18 nitrogen and oxygen atoms in total. The number of hydrogen-bond acceptors (Lipinski definition) is 13. The third kappa shape index (κ3) is 5.49. The Morgan fingerprint density at radius 3 is 2.39 bits per heavy atom. The van der Waals surface area contributed by atoms with Crippen LogP contribution >= 0.6 is 23.5 Å². The molecule has 0 saturated carbocycles. The fourth-order valence-corrected chi connectivity index (χ4v) is 6.30. The topological polar surface area (TPSA) is 279 Å². The Bertz CT molecular complexity index is 1170. The van der Waals surface area contributed by atoms with Gasteiger partial charge in [0.2, 0.25) is 0 Å². The molecule has 0 spiro atoms. The van der Waals surface area contributed by atoms with Gasteiger partial charge in [0.15, 0.2) is 17.2 Å². The summed E-state index contributed by atoms with van der Waals surface area (Å²) in [5.41, 5.74) is 4.41. The van der Waals surface area contributed by atoms with E-state index in [1.54, 1.807) is 6.92 Å². The Hall–Kier alpha value is -1.36. The van der Waals surface area contributed by atoms with Crippen LogP contribution in [0.2, 0.25) is 0 Å². The molecule has 1 saturated heterocycles. The van der Waals surface area contributed by atoms with Crippen molar-refractivity contribution in [1.82, 2.24) is 19.5 Å². The van der Waals surface area contributed by atoms with E-state index in [4.69, 9.17) is 20.3 Å². The van der Waals surface area contributed by atoms with Gasteiger partial charge in [0.1, 0.15) is 30.2 Å². The Labute approximate surface area is 184 Å². The van der Waals surface area contributed by atoms with E-state index in [0.29, 0.717) is 0 Å². The van der Waals surface area contributed by atoms with Crippen molar-refractivity contribution in [3.8, 4) is 0 Å². The third-order valence-corrected chi connectivity index (χ3v) is 8.42. The second kappa shape index (κ2) is 9.02. The molecule has 6 atom stereocenters. The highest BCUT2D eigenvalue weighted by atomic mass is 31.3. The number of phosphoric ester groups is 1. The molecule has 186 valence electrons. The minimum atomic E-state index is -5.72. The van der Waals surface area contributed by atoms with Gasteiger partial charge in [-0.25, -0.2) is 28.6 Å². The first-order valence-corrected chi connectivity index (χ1v) is 13.4. The van der Waals surface area contributed by atoms with Crippen LogP contribution in [0.5, 0.6) is 0 Å². The van der Waals surface area contributed by atoms with Crippen LogP contribution in [0, 0.1) is 0 Å². The van der Waals surface area contributed by atoms with Crippen molar-refractivity contribution in [3.05, 3.63) is 12.7 Å². The van der Waals surface area contributed by atoms with Crippen molar-refractivity contribution < 1.29 is 61.4 Å². The molecule has 33 heavy (non-hydrogen) atoms. The van der Waals surface area contributed by atoms with Crippen LogP contribution in [-0.4, -0.2) is 74.2 Å². The fraction of sp³-hybridized carbons (Fsp3) is 0.583. The van der Waals surface area contributed by atoms with E-state index in [2.05, 4.69) is 28.1 Å². The molecule has 2 aromatic heterocycles. The summed E-state index contributed by atoms with van der Waals surface area (Å²) in [7, 11) is -16.7. The summed E-state index contributed by atoms with van der Waals surface area (Å²) >= 11 is 0. The molecule has 21 heteroatoms. The maximum Gasteiger partial charge on any atom is 0.490 e. The average molecular weight is 535 g/mol. The molecule has 0 bridgehead atoms. The van der Waals surface area contributed by atoms with E-state index in [1.165, 1.54) is 10.9 Å². The van der Waals surface area contributed by atoms with E-state index in [9.17, 15) is 33.7 Å². The van der Waals surface area contributed by atoms with Crippen LogP contribution in [0.4, 0.5) is 5.82 Å². The Morgan fingerprint density at radius 2 is 1.79 bits per heavy atom. The molecule has 2 unspecified atom stereocenters. The lowest BCUT2D eigenvalue weighted by Gasteiger charge is -2.32. The highest BCUT2D eigenvalue weighted by molar-refractivity contribution is 7.66. The summed E-state index contributed by atoms with van der Waals surface area (Å²) in [6.07, 6.45) is -2.41. The molecule has 1 fully saturated rings. The van der Waals surface area contributed by atoms with Gasteiger partial charge in [-0.2, -0.15) is 8.62 Å². The van der Waals surface area contributed by atoms with E-state index < -0.39 is 54.1 Å². The summed E-state index contributed by atoms with van der Waals surface area (Å²) in [6, 6.07) is 0. The van der Waals surface area contributed by atoms with Crippen LogP contribution in [0.1, 0.15) is 13.3 Å². The SMILES string of the molecule is CC[C@@]1(n2cnc3c(N)ncnc32)O[C@H](COP(=O)(O)OP(=O)(O)OP(=O)(O)O)[C@@H](O)[C@H]1O. The van der Waals surface area contributed by atoms with Crippen molar-refractivity contribution >= 4 is 40.4 Å². The average Bonchev–Trinajstić information content (AvgIpc) is 3.20. The van der Waals surface area contributed by atoms with Crippen molar-refractivity contribution in [2.45, 2.75) is 37.4 Å². The number of hydrogen-bond donors (Lipinski definition) is 7. The Morgan fingerprint density at radius 1 is 1.12 bits per heavy atom. The van der Waals surface area contributed by atoms with Gasteiger partial charge in [-0.3, -0.25) is 9.09 Å². The molecule has 3 heterocycles. The Kier molecular flexibility index (Phi) is 7.17. The molecule has 0 radical (unpaired) electrons. The molecule has 0 aliphatic carbocycles. The van der Waals surface area contributed by atoms with E-state index >= 15 is 0 Å². The lowest BCUT2D eigenvalue weighted by atomic mass is 10.00. The summed E-state index contributed by atoms with van der Waals surface area (Å²) < 4.78 is 52.8. The van der Waals surface area contributed by atoms with Crippen LogP contribution in [0.15, 0.2) is 12.7 Å². The van der Waals surface area contributed by atoms with Crippen molar-refractivity contribution in [3.63, 3.8) is 0 Å². The van der Waals surface area contributed by atoms with Crippen molar-refractivity contribution in [2.75, 3.05) is 12.3 Å². The number of aliphatic hydroxyl groups excluding tert-OH is 2. The van der Waals surface area contributed by atoms with E-state index in [1.807, 2.05) is 0 Å². The number of phosphoric acid groups is 3. The van der Waals surface area contributed by atoms with Gasteiger partial charge < -0.3 is 40.3 Å². The molecule has 3 rings (SSSR count). The maximum atomic E-state index is 11.9. The van der Waals surface area contributed by atoms with Gasteiger partial charge in [-0.05, 0) is 6.42 Å². The normalized spacial score (nSPS) is 29.7. The van der Waals surface area contributed by atoms with E-state index in [-0.39, 0.29) is 23.4 Å². The zero-order valence-electron chi connectivity index (χ0n) is 16.5. The lowest BCUT2D eigenvalue weighted by molar-refractivity contribution is -0.147. The number of nitrogens with zero attached hydrogens (tertiary/aromatic N) is 4. The van der Waals surface area contributed by atoms with Crippen LogP contribution < -0.4 is 5.73 Å². The van der Waals surface area contributed by atoms with Gasteiger partial charge in [0.05, 0.1) is 12.9 Å². The van der Waals surface area contributed by atoms with Gasteiger partial charge >= 0.3 is 23.5 Å². The van der Waals surface area contributed by atoms with Crippen molar-refractivity contribution in [2.24, 2.45) is 0 Å². The lowest BCUT2D eigenvalue weighted by Crippen LogP contribution is -2.45. The third-order valence-electron chi connectivity index (χ3n) is 4.62. The van der Waals surface area contributed by atoms with Gasteiger partial charge in [-0.15, -0.1) is 0 Å². The standard InChI is InChI=1S/C12H20N5O13P3/c1-2-12(17-5-16-7-10(13)14-4-15-11(7)17)9(19)8(18)6(28-12)3-27-32(23,24)30-33(25,26)29-31(20,21)22/h4-6,8-9,18-19H,2-3H2,1H3,(H,23,24)(H,25,26)(H2,13,14,15)(H2,20,21,22)/t6-,8-,9-,12-/m1/s1. The zero-order chi connectivity index (χ0) is 24.8. The summed E-state index contributed by atoms with van der Waals surface area (Å²) in [5.74, 6) is 0.0437. The number of imidazole rings is 1. The predicted octanol–water partition coefficient (Wildman–Crippen LogP) is -1.06. The first-order chi connectivity index (χ1) is 15.1. The summed E-state index contributed by atoms with van der Waals surface area (Å²) in [4.78, 5) is 47.8. The van der Waals surface area contributed by atoms with Crippen LogP contribution in [0.25, 0.3) is 11.2 Å². The number of nitrogen functional groups attached to an aromatic ring is 1. The Balaban J connectivity index is 1.79. The molecule has 1 aliphatic heterocycles. The van der Waals surface area contributed by atoms with E-state index in [0.717, 1.165) is 6.33 Å². The highest BCUT2D eigenvalue weighted by Gasteiger charge is 2.55. The number of rotatable bonds is 9. The second-order valence-electron chi connectivity index (χ2n) is 6.72. The van der Waals surface area contributed by atoms with Gasteiger partial charge in [0, 0.05) is 0 Å². The number of anilines is 1. The highest BCUT2D eigenvalue weighted by Crippen LogP contribution is 2.66. The molecule has 8 N–H and O–H groups in total.